The molecule has 20 heavy (non-hydrogen) atoms. The van der Waals surface area contributed by atoms with Gasteiger partial charge in [-0.15, -0.1) is 6.42 Å². The van der Waals surface area contributed by atoms with Gasteiger partial charge in [0, 0.05) is 44.0 Å². The van der Waals surface area contributed by atoms with Crippen molar-refractivity contribution in [1.29, 1.82) is 0 Å². The molecule has 0 bridgehead atoms. The Labute approximate surface area is 120 Å². The molecule has 0 unspecified atom stereocenters. The number of nitrogens with one attached hydrogen (secondary N) is 2. The Morgan fingerprint density at radius 2 is 2.10 bits per heavy atom. The molecule has 1 aliphatic heterocycles. The van der Waals surface area contributed by atoms with Crippen LogP contribution in [0.5, 0.6) is 0 Å². The molecule has 2 rings (SSSR count). The number of hydrogen-bond donors (Lipinski definition) is 2. The lowest BCUT2D eigenvalue weighted by molar-refractivity contribution is 0.254. The zero-order valence-corrected chi connectivity index (χ0v) is 12.1. The van der Waals surface area contributed by atoms with Crippen molar-refractivity contribution in [3.8, 4) is 12.3 Å². The van der Waals surface area contributed by atoms with Crippen LogP contribution in [-0.4, -0.2) is 51.8 Å². The molecule has 0 atom stereocenters. The molecule has 0 saturated carbocycles. The quantitative estimate of drug-likeness (QED) is 0.767. The van der Waals surface area contributed by atoms with Crippen LogP contribution in [0.3, 0.4) is 0 Å². The fourth-order valence-corrected chi connectivity index (χ4v) is 3.17. The maximum absolute atomic E-state index is 12.0. The lowest BCUT2D eigenvalue weighted by Crippen LogP contribution is -2.45. The Morgan fingerprint density at radius 1 is 1.35 bits per heavy atom. The fourth-order valence-electron chi connectivity index (χ4n) is 2.09. The standard InChI is InChI=1S/C14H19N3O2S/c1-2-13-4-3-5-14(12-13)16-20(18,19)11-10-17-8-6-15-7-9-17/h1,3-5,12,15-16H,6-11H2. The topological polar surface area (TPSA) is 61.4 Å². The van der Waals surface area contributed by atoms with Crippen molar-refractivity contribution in [2.24, 2.45) is 0 Å². The van der Waals surface area contributed by atoms with E-state index in [1.54, 1.807) is 24.3 Å². The zero-order valence-electron chi connectivity index (χ0n) is 11.3. The summed E-state index contributed by atoms with van der Waals surface area (Å²) in [6.45, 7) is 4.16. The fraction of sp³-hybridized carbons (Fsp3) is 0.429. The van der Waals surface area contributed by atoms with Gasteiger partial charge in [-0.2, -0.15) is 0 Å². The highest BCUT2D eigenvalue weighted by Gasteiger charge is 2.15. The number of rotatable bonds is 5. The van der Waals surface area contributed by atoms with E-state index in [1.807, 2.05) is 0 Å². The molecular weight excluding hydrogens is 274 g/mol. The highest BCUT2D eigenvalue weighted by atomic mass is 32.2. The molecule has 1 aliphatic rings. The Bertz CT molecular complexity index is 587. The van der Waals surface area contributed by atoms with Gasteiger partial charge in [-0.3, -0.25) is 9.62 Å². The summed E-state index contributed by atoms with van der Waals surface area (Å²) in [7, 11) is -3.34. The van der Waals surface area contributed by atoms with E-state index in [0.29, 0.717) is 17.8 Å². The van der Waals surface area contributed by atoms with Crippen LogP contribution in [-0.2, 0) is 10.0 Å². The van der Waals surface area contributed by atoms with E-state index < -0.39 is 10.0 Å². The first kappa shape index (κ1) is 14.9. The largest absolute Gasteiger partial charge is 0.314 e. The average Bonchev–Trinajstić information content (AvgIpc) is 2.46. The third kappa shape index (κ3) is 4.53. The van der Waals surface area contributed by atoms with Crippen molar-refractivity contribution in [3.05, 3.63) is 29.8 Å². The van der Waals surface area contributed by atoms with Crippen LogP contribution >= 0.6 is 0 Å². The highest BCUT2D eigenvalue weighted by molar-refractivity contribution is 7.92. The van der Waals surface area contributed by atoms with Crippen LogP contribution in [0.2, 0.25) is 0 Å². The van der Waals surface area contributed by atoms with Gasteiger partial charge in [0.05, 0.1) is 5.75 Å². The van der Waals surface area contributed by atoms with Gasteiger partial charge in [0.2, 0.25) is 10.0 Å². The Morgan fingerprint density at radius 3 is 2.80 bits per heavy atom. The first-order valence-electron chi connectivity index (χ1n) is 6.59. The Kier molecular flexibility index (Phi) is 5.01. The maximum atomic E-state index is 12.0. The van der Waals surface area contributed by atoms with Gasteiger partial charge in [-0.25, -0.2) is 8.42 Å². The van der Waals surface area contributed by atoms with Crippen LogP contribution in [0.25, 0.3) is 0 Å². The minimum absolute atomic E-state index is 0.0906. The van der Waals surface area contributed by atoms with Crippen molar-refractivity contribution in [2.45, 2.75) is 0 Å². The number of anilines is 1. The SMILES string of the molecule is C#Cc1cccc(NS(=O)(=O)CCN2CCNCC2)c1. The van der Waals surface area contributed by atoms with Crippen LogP contribution in [0.4, 0.5) is 5.69 Å². The molecule has 5 nitrogen and oxygen atoms in total. The monoisotopic (exact) mass is 293 g/mol. The summed E-state index contributed by atoms with van der Waals surface area (Å²) in [6.07, 6.45) is 5.30. The highest BCUT2D eigenvalue weighted by Crippen LogP contribution is 2.11. The summed E-state index contributed by atoms with van der Waals surface area (Å²) in [5.41, 5.74) is 1.17. The predicted molar refractivity (Wildman–Crippen MR) is 81.1 cm³/mol. The molecule has 0 aliphatic carbocycles. The molecule has 1 aromatic carbocycles. The van der Waals surface area contributed by atoms with E-state index in [-0.39, 0.29) is 5.75 Å². The second-order valence-corrected chi connectivity index (χ2v) is 6.58. The third-order valence-corrected chi connectivity index (χ3v) is 4.46. The van der Waals surface area contributed by atoms with Gasteiger partial charge in [-0.1, -0.05) is 12.0 Å². The average molecular weight is 293 g/mol. The summed E-state index contributed by atoms with van der Waals surface area (Å²) in [5.74, 6) is 2.58. The van der Waals surface area contributed by atoms with E-state index in [2.05, 4.69) is 20.9 Å². The minimum Gasteiger partial charge on any atom is -0.314 e. The molecular formula is C14H19N3O2S. The molecule has 0 aromatic heterocycles. The molecule has 6 heteroatoms. The molecule has 0 amide bonds. The van der Waals surface area contributed by atoms with E-state index in [0.717, 1.165) is 26.2 Å². The zero-order chi connectivity index (χ0) is 14.4. The van der Waals surface area contributed by atoms with Gasteiger partial charge >= 0.3 is 0 Å². The molecule has 1 saturated heterocycles. The first-order chi connectivity index (χ1) is 9.59. The second kappa shape index (κ2) is 6.75. The third-order valence-electron chi connectivity index (χ3n) is 3.19. The molecule has 1 fully saturated rings. The van der Waals surface area contributed by atoms with Gasteiger partial charge < -0.3 is 5.32 Å². The molecule has 0 radical (unpaired) electrons. The van der Waals surface area contributed by atoms with Crippen LogP contribution in [0.15, 0.2) is 24.3 Å². The van der Waals surface area contributed by atoms with Gasteiger partial charge in [0.1, 0.15) is 0 Å². The van der Waals surface area contributed by atoms with Crippen molar-refractivity contribution < 1.29 is 8.42 Å². The summed E-state index contributed by atoms with van der Waals surface area (Å²) >= 11 is 0. The number of hydrogen-bond acceptors (Lipinski definition) is 4. The van der Waals surface area contributed by atoms with Crippen LogP contribution < -0.4 is 10.0 Å². The molecule has 2 N–H and O–H groups in total. The lowest BCUT2D eigenvalue weighted by atomic mass is 10.2. The number of benzene rings is 1. The number of piperazine rings is 1. The summed E-state index contributed by atoms with van der Waals surface area (Å²) in [4.78, 5) is 2.15. The van der Waals surface area contributed by atoms with E-state index in [4.69, 9.17) is 6.42 Å². The maximum Gasteiger partial charge on any atom is 0.233 e. The molecule has 108 valence electrons. The van der Waals surface area contributed by atoms with Crippen molar-refractivity contribution in [1.82, 2.24) is 10.2 Å². The van der Waals surface area contributed by atoms with Gasteiger partial charge in [0.25, 0.3) is 0 Å². The molecule has 1 heterocycles. The first-order valence-corrected chi connectivity index (χ1v) is 8.24. The predicted octanol–water partition coefficient (Wildman–Crippen LogP) is 0.315. The van der Waals surface area contributed by atoms with Gasteiger partial charge in [-0.05, 0) is 18.2 Å². The minimum atomic E-state index is -3.34. The second-order valence-electron chi connectivity index (χ2n) is 4.74. The molecule has 0 spiro atoms. The van der Waals surface area contributed by atoms with Crippen molar-refractivity contribution in [3.63, 3.8) is 0 Å². The summed E-state index contributed by atoms with van der Waals surface area (Å²) < 4.78 is 26.6. The lowest BCUT2D eigenvalue weighted by Gasteiger charge is -2.26. The van der Waals surface area contributed by atoms with E-state index in [1.165, 1.54) is 0 Å². The number of sulfonamides is 1. The Hall–Kier alpha value is -1.55. The van der Waals surface area contributed by atoms with E-state index >= 15 is 0 Å². The summed E-state index contributed by atoms with van der Waals surface area (Å²) in [5, 5.41) is 3.24. The normalized spacial score (nSPS) is 16.6. The molecule has 1 aromatic rings. The number of nitrogens with zero attached hydrogens (tertiary/aromatic N) is 1. The summed E-state index contributed by atoms with van der Waals surface area (Å²) in [6, 6.07) is 6.85. The van der Waals surface area contributed by atoms with Crippen molar-refractivity contribution >= 4 is 15.7 Å². The van der Waals surface area contributed by atoms with E-state index in [9.17, 15) is 8.42 Å². The van der Waals surface area contributed by atoms with Crippen molar-refractivity contribution in [2.75, 3.05) is 43.2 Å². The smallest absolute Gasteiger partial charge is 0.233 e. The Balaban J connectivity index is 1.91. The van der Waals surface area contributed by atoms with Gasteiger partial charge in [0.15, 0.2) is 0 Å². The number of terminal acetylenes is 1. The van der Waals surface area contributed by atoms with Crippen LogP contribution in [0, 0.1) is 12.3 Å². The van der Waals surface area contributed by atoms with Crippen LogP contribution in [0.1, 0.15) is 5.56 Å².